The van der Waals surface area contributed by atoms with Gasteiger partial charge in [-0.3, -0.25) is 4.79 Å². The molecule has 0 fully saturated rings. The van der Waals surface area contributed by atoms with Crippen LogP contribution in [0.2, 0.25) is 10.0 Å². The summed E-state index contributed by atoms with van der Waals surface area (Å²) >= 11 is 12.1. The molecular weight excluding hydrogens is 449 g/mol. The molecule has 3 aromatic carbocycles. The molecule has 0 heterocycles. The number of methoxy groups -OCH3 is 2. The van der Waals surface area contributed by atoms with Crippen molar-refractivity contribution in [3.8, 4) is 17.2 Å². The number of hydrogen-bond donors (Lipinski definition) is 1. The van der Waals surface area contributed by atoms with Crippen molar-refractivity contribution < 1.29 is 19.0 Å². The first-order valence-electron chi connectivity index (χ1n) is 9.82. The number of halogens is 2. The molecule has 0 unspecified atom stereocenters. The number of rotatable bonds is 9. The normalized spacial score (nSPS) is 10.8. The molecule has 0 aliphatic carbocycles. The van der Waals surface area contributed by atoms with Gasteiger partial charge in [0.2, 0.25) is 5.91 Å². The molecule has 3 rings (SSSR count). The first-order chi connectivity index (χ1) is 15.5. The molecule has 3 aromatic rings. The van der Waals surface area contributed by atoms with E-state index in [-0.39, 0.29) is 5.91 Å². The van der Waals surface area contributed by atoms with Gasteiger partial charge in [0.25, 0.3) is 0 Å². The molecule has 32 heavy (non-hydrogen) atoms. The van der Waals surface area contributed by atoms with Crippen molar-refractivity contribution in [2.75, 3.05) is 14.2 Å². The van der Waals surface area contributed by atoms with E-state index in [2.05, 4.69) is 5.32 Å². The van der Waals surface area contributed by atoms with E-state index >= 15 is 0 Å². The molecule has 0 saturated carbocycles. The van der Waals surface area contributed by atoms with E-state index in [1.54, 1.807) is 38.5 Å². The zero-order valence-corrected chi connectivity index (χ0v) is 19.2. The van der Waals surface area contributed by atoms with Gasteiger partial charge in [-0.25, -0.2) is 0 Å². The van der Waals surface area contributed by atoms with E-state index in [0.29, 0.717) is 40.4 Å². The van der Waals surface area contributed by atoms with Gasteiger partial charge in [-0.2, -0.15) is 0 Å². The molecule has 7 heteroatoms. The van der Waals surface area contributed by atoms with Crippen molar-refractivity contribution in [1.29, 1.82) is 0 Å². The van der Waals surface area contributed by atoms with Crippen molar-refractivity contribution in [3.63, 3.8) is 0 Å². The third-order valence-corrected chi connectivity index (χ3v) is 5.22. The Balaban J connectivity index is 1.50. The first kappa shape index (κ1) is 23.5. The van der Waals surface area contributed by atoms with Gasteiger partial charge in [0.15, 0.2) is 11.5 Å². The summed E-state index contributed by atoms with van der Waals surface area (Å²) in [6.45, 7) is 0.716. The van der Waals surface area contributed by atoms with Gasteiger partial charge in [-0.05, 0) is 53.6 Å². The number of hydrogen-bond acceptors (Lipinski definition) is 4. The van der Waals surface area contributed by atoms with Crippen LogP contribution in [0.25, 0.3) is 6.08 Å². The fraction of sp³-hybridized carbons (Fsp3) is 0.160. The minimum absolute atomic E-state index is 0.197. The second kappa shape index (κ2) is 11.5. The quantitative estimate of drug-likeness (QED) is 0.393. The van der Waals surface area contributed by atoms with Crippen LogP contribution in [0.1, 0.15) is 16.7 Å². The molecule has 1 N–H and O–H groups in total. The van der Waals surface area contributed by atoms with E-state index in [0.717, 1.165) is 16.7 Å². The Morgan fingerprint density at radius 2 is 1.69 bits per heavy atom. The van der Waals surface area contributed by atoms with Crippen LogP contribution in [0, 0.1) is 0 Å². The Hall–Kier alpha value is -3.15. The van der Waals surface area contributed by atoms with Crippen LogP contribution in [-0.4, -0.2) is 20.1 Å². The summed E-state index contributed by atoms with van der Waals surface area (Å²) in [4.78, 5) is 12.1. The van der Waals surface area contributed by atoms with Crippen molar-refractivity contribution in [3.05, 3.63) is 93.5 Å². The maximum atomic E-state index is 12.1. The van der Waals surface area contributed by atoms with E-state index in [9.17, 15) is 4.79 Å². The second-order valence-electron chi connectivity index (χ2n) is 6.83. The monoisotopic (exact) mass is 471 g/mol. The third-order valence-electron chi connectivity index (χ3n) is 4.63. The van der Waals surface area contributed by atoms with E-state index in [1.165, 1.54) is 6.08 Å². The van der Waals surface area contributed by atoms with Crippen LogP contribution < -0.4 is 19.5 Å². The molecular formula is C25H23Cl2NO4. The molecule has 0 saturated heterocycles. The van der Waals surface area contributed by atoms with Gasteiger partial charge in [-0.1, -0.05) is 47.5 Å². The number of carbonyl (C=O) groups is 1. The Labute approximate surface area is 197 Å². The lowest BCUT2D eigenvalue weighted by atomic mass is 10.2. The molecule has 0 aliphatic rings. The maximum absolute atomic E-state index is 12.1. The minimum Gasteiger partial charge on any atom is -0.493 e. The van der Waals surface area contributed by atoms with E-state index < -0.39 is 0 Å². The fourth-order valence-corrected chi connectivity index (χ4v) is 3.35. The van der Waals surface area contributed by atoms with Crippen LogP contribution in [0.4, 0.5) is 0 Å². The summed E-state index contributed by atoms with van der Waals surface area (Å²) in [6.07, 6.45) is 3.23. The summed E-state index contributed by atoms with van der Waals surface area (Å²) < 4.78 is 16.3. The number of carbonyl (C=O) groups excluding carboxylic acids is 1. The largest absolute Gasteiger partial charge is 0.493 e. The van der Waals surface area contributed by atoms with E-state index in [1.807, 2.05) is 42.5 Å². The SMILES string of the molecule is COc1ccc(CNC(=O)/C=C/c2ccc(OCc3ccc(Cl)cc3Cl)cc2)cc1OC. The van der Waals surface area contributed by atoms with Crippen molar-refractivity contribution >= 4 is 35.2 Å². The summed E-state index contributed by atoms with van der Waals surface area (Å²) in [5.74, 6) is 1.77. The Bertz CT molecular complexity index is 1100. The maximum Gasteiger partial charge on any atom is 0.244 e. The summed E-state index contributed by atoms with van der Waals surface area (Å²) in [7, 11) is 3.16. The highest BCUT2D eigenvalue weighted by molar-refractivity contribution is 6.35. The molecule has 0 bridgehead atoms. The van der Waals surface area contributed by atoms with Crippen LogP contribution in [-0.2, 0) is 17.9 Å². The zero-order chi connectivity index (χ0) is 22.9. The molecule has 0 aromatic heterocycles. The summed E-state index contributed by atoms with van der Waals surface area (Å²) in [5.41, 5.74) is 2.64. The van der Waals surface area contributed by atoms with Crippen LogP contribution in [0.5, 0.6) is 17.2 Å². The van der Waals surface area contributed by atoms with Gasteiger partial charge in [-0.15, -0.1) is 0 Å². The lowest BCUT2D eigenvalue weighted by Gasteiger charge is -2.09. The fourth-order valence-electron chi connectivity index (χ4n) is 2.89. The van der Waals surface area contributed by atoms with Crippen LogP contribution in [0.3, 0.4) is 0 Å². The van der Waals surface area contributed by atoms with Gasteiger partial charge in [0.05, 0.1) is 14.2 Å². The van der Waals surface area contributed by atoms with Gasteiger partial charge in [0.1, 0.15) is 12.4 Å². The van der Waals surface area contributed by atoms with E-state index in [4.69, 9.17) is 37.4 Å². The lowest BCUT2D eigenvalue weighted by Crippen LogP contribution is -2.20. The molecule has 166 valence electrons. The number of nitrogens with one attached hydrogen (secondary N) is 1. The highest BCUT2D eigenvalue weighted by Crippen LogP contribution is 2.27. The molecule has 5 nitrogen and oxygen atoms in total. The molecule has 1 amide bonds. The summed E-state index contributed by atoms with van der Waals surface area (Å²) in [6, 6.07) is 18.2. The Morgan fingerprint density at radius 1 is 0.938 bits per heavy atom. The Kier molecular flexibility index (Phi) is 8.42. The van der Waals surface area contributed by atoms with Crippen LogP contribution in [0.15, 0.2) is 66.7 Å². The third kappa shape index (κ3) is 6.67. The highest BCUT2D eigenvalue weighted by atomic mass is 35.5. The molecule has 0 aliphatic heterocycles. The van der Waals surface area contributed by atoms with Crippen molar-refractivity contribution in [2.24, 2.45) is 0 Å². The number of benzene rings is 3. The summed E-state index contributed by atoms with van der Waals surface area (Å²) in [5, 5.41) is 4.00. The standard InChI is InChI=1S/C25H23Cl2NO4/c1-30-23-11-5-18(13-24(23)31-2)15-28-25(29)12-6-17-3-9-21(10-4-17)32-16-19-7-8-20(26)14-22(19)27/h3-14H,15-16H2,1-2H3,(H,28,29)/b12-6+. The predicted octanol–water partition coefficient (Wildman–Crippen LogP) is 5.92. The van der Waals surface area contributed by atoms with Gasteiger partial charge >= 0.3 is 0 Å². The first-order valence-corrected chi connectivity index (χ1v) is 10.6. The molecule has 0 atom stereocenters. The number of amides is 1. The van der Waals surface area contributed by atoms with Crippen molar-refractivity contribution in [1.82, 2.24) is 5.32 Å². The Morgan fingerprint density at radius 3 is 2.38 bits per heavy atom. The predicted molar refractivity (Wildman–Crippen MR) is 128 cm³/mol. The smallest absolute Gasteiger partial charge is 0.244 e. The lowest BCUT2D eigenvalue weighted by molar-refractivity contribution is -0.116. The average Bonchev–Trinajstić information content (AvgIpc) is 2.81. The topological polar surface area (TPSA) is 56.8 Å². The van der Waals surface area contributed by atoms with Crippen molar-refractivity contribution in [2.45, 2.75) is 13.2 Å². The number of ether oxygens (including phenoxy) is 3. The minimum atomic E-state index is -0.197. The van der Waals surface area contributed by atoms with Crippen LogP contribution >= 0.6 is 23.2 Å². The highest BCUT2D eigenvalue weighted by Gasteiger charge is 2.06. The average molecular weight is 472 g/mol. The molecule has 0 spiro atoms. The van der Waals surface area contributed by atoms with Gasteiger partial charge < -0.3 is 19.5 Å². The molecule has 0 radical (unpaired) electrons. The second-order valence-corrected chi connectivity index (χ2v) is 7.68. The zero-order valence-electron chi connectivity index (χ0n) is 17.7. The van der Waals surface area contributed by atoms with Gasteiger partial charge in [0, 0.05) is 28.2 Å².